The van der Waals surface area contributed by atoms with Crippen molar-refractivity contribution < 1.29 is 24.2 Å². The first-order valence-electron chi connectivity index (χ1n) is 6.82. The Morgan fingerprint density at radius 2 is 1.85 bits per heavy atom. The van der Waals surface area contributed by atoms with Gasteiger partial charge in [0.05, 0.1) is 18.9 Å². The first kappa shape index (κ1) is 14.6. The number of ether oxygens (including phenoxy) is 1. The molecule has 1 aliphatic heterocycles. The molecule has 6 heteroatoms. The predicted molar refractivity (Wildman–Crippen MR) is 69.7 cm³/mol. The summed E-state index contributed by atoms with van der Waals surface area (Å²) in [4.78, 5) is 37.0. The molecule has 0 bridgehead atoms. The Kier molecular flexibility index (Phi) is 4.42. The summed E-state index contributed by atoms with van der Waals surface area (Å²) < 4.78 is 4.71. The van der Waals surface area contributed by atoms with E-state index in [9.17, 15) is 19.5 Å². The zero-order valence-corrected chi connectivity index (χ0v) is 11.4. The first-order chi connectivity index (χ1) is 9.56. The zero-order chi connectivity index (χ0) is 14.7. The number of likely N-dealkylation sites (tertiary alicyclic amines) is 1. The molecule has 0 aromatic carbocycles. The molecule has 0 aromatic rings. The van der Waals surface area contributed by atoms with Crippen molar-refractivity contribution in [1.29, 1.82) is 0 Å². The summed E-state index contributed by atoms with van der Waals surface area (Å²) >= 11 is 0. The van der Waals surface area contributed by atoms with Gasteiger partial charge in [-0.1, -0.05) is 12.2 Å². The van der Waals surface area contributed by atoms with Gasteiger partial charge in [-0.2, -0.15) is 0 Å². The fourth-order valence-corrected chi connectivity index (χ4v) is 2.98. The fraction of sp³-hybridized carbons (Fsp3) is 0.643. The van der Waals surface area contributed by atoms with Crippen LogP contribution >= 0.6 is 0 Å². The van der Waals surface area contributed by atoms with Gasteiger partial charge in [-0.15, -0.1) is 0 Å². The van der Waals surface area contributed by atoms with Crippen molar-refractivity contribution >= 4 is 17.8 Å². The Morgan fingerprint density at radius 1 is 1.20 bits per heavy atom. The van der Waals surface area contributed by atoms with E-state index in [4.69, 9.17) is 4.74 Å². The summed E-state index contributed by atoms with van der Waals surface area (Å²) in [6.07, 6.45) is 5.74. The number of nitrogens with zero attached hydrogens (tertiary/aromatic N) is 1. The molecule has 0 unspecified atom stereocenters. The maximum Gasteiger partial charge on any atom is 0.328 e. The van der Waals surface area contributed by atoms with Gasteiger partial charge >= 0.3 is 11.9 Å². The van der Waals surface area contributed by atoms with E-state index in [0.29, 0.717) is 25.8 Å². The number of carbonyl (C=O) groups excluding carboxylic acids is 2. The standard InChI is InChI=1S/C14H19NO5/c1-20-14(19)11-7-4-8-15(11)12(16)9-5-2-3-6-10(9)13(17)18/h2-3,9-11H,4-8H2,1H3,(H,17,18)/t9-,10+,11+/m1/s1. The largest absolute Gasteiger partial charge is 0.481 e. The average molecular weight is 281 g/mol. The molecular formula is C14H19NO5. The molecule has 1 saturated heterocycles. The zero-order valence-electron chi connectivity index (χ0n) is 11.4. The van der Waals surface area contributed by atoms with Crippen LogP contribution in [0.1, 0.15) is 25.7 Å². The monoisotopic (exact) mass is 281 g/mol. The minimum Gasteiger partial charge on any atom is -0.481 e. The summed E-state index contributed by atoms with van der Waals surface area (Å²) in [5.74, 6) is -2.90. The van der Waals surface area contributed by atoms with Gasteiger partial charge in [0.25, 0.3) is 0 Å². The van der Waals surface area contributed by atoms with Gasteiger partial charge in [0.2, 0.25) is 5.91 Å². The van der Waals surface area contributed by atoms with Crippen LogP contribution in [0.25, 0.3) is 0 Å². The van der Waals surface area contributed by atoms with Crippen molar-refractivity contribution in [2.75, 3.05) is 13.7 Å². The molecular weight excluding hydrogens is 262 g/mol. The highest BCUT2D eigenvalue weighted by Crippen LogP contribution is 2.30. The number of carbonyl (C=O) groups is 3. The molecule has 20 heavy (non-hydrogen) atoms. The van der Waals surface area contributed by atoms with Crippen LogP contribution in [0, 0.1) is 11.8 Å². The molecule has 2 rings (SSSR count). The molecule has 1 amide bonds. The molecule has 2 aliphatic rings. The van der Waals surface area contributed by atoms with Crippen LogP contribution in [0.15, 0.2) is 12.2 Å². The van der Waals surface area contributed by atoms with E-state index >= 15 is 0 Å². The topological polar surface area (TPSA) is 83.9 Å². The van der Waals surface area contributed by atoms with E-state index in [2.05, 4.69) is 0 Å². The highest BCUT2D eigenvalue weighted by Gasteiger charge is 2.42. The number of aliphatic carboxylic acids is 1. The Hall–Kier alpha value is -1.85. The predicted octanol–water partition coefficient (Wildman–Crippen LogP) is 0.817. The minimum absolute atomic E-state index is 0.241. The number of amides is 1. The smallest absolute Gasteiger partial charge is 0.328 e. The maximum atomic E-state index is 12.6. The van der Waals surface area contributed by atoms with Crippen LogP contribution < -0.4 is 0 Å². The summed E-state index contributed by atoms with van der Waals surface area (Å²) in [5, 5.41) is 9.23. The van der Waals surface area contributed by atoms with E-state index in [0.717, 1.165) is 6.42 Å². The lowest BCUT2D eigenvalue weighted by molar-refractivity contribution is -0.156. The van der Waals surface area contributed by atoms with Crippen molar-refractivity contribution in [3.63, 3.8) is 0 Å². The van der Waals surface area contributed by atoms with E-state index < -0.39 is 29.8 Å². The number of rotatable bonds is 3. The molecule has 0 spiro atoms. The van der Waals surface area contributed by atoms with E-state index in [1.54, 1.807) is 6.08 Å². The molecule has 0 aromatic heterocycles. The van der Waals surface area contributed by atoms with Crippen LogP contribution in [-0.4, -0.2) is 47.5 Å². The quantitative estimate of drug-likeness (QED) is 0.611. The highest BCUT2D eigenvalue weighted by molar-refractivity contribution is 5.89. The number of hydrogen-bond donors (Lipinski definition) is 1. The Morgan fingerprint density at radius 3 is 2.45 bits per heavy atom. The van der Waals surface area contributed by atoms with Gasteiger partial charge in [0.1, 0.15) is 6.04 Å². The van der Waals surface area contributed by atoms with E-state index in [1.165, 1.54) is 12.0 Å². The van der Waals surface area contributed by atoms with E-state index in [1.807, 2.05) is 6.08 Å². The fourth-order valence-electron chi connectivity index (χ4n) is 2.98. The van der Waals surface area contributed by atoms with Gasteiger partial charge in [0, 0.05) is 6.54 Å². The number of hydrogen-bond acceptors (Lipinski definition) is 4. The third-order valence-electron chi connectivity index (χ3n) is 4.08. The minimum atomic E-state index is -0.957. The third kappa shape index (κ3) is 2.69. The molecule has 0 saturated carbocycles. The number of allylic oxidation sites excluding steroid dienone is 2. The van der Waals surface area contributed by atoms with Crippen molar-refractivity contribution in [1.82, 2.24) is 4.90 Å². The Bertz CT molecular complexity index is 445. The third-order valence-corrected chi connectivity index (χ3v) is 4.08. The Labute approximate surface area is 117 Å². The second-order valence-corrected chi connectivity index (χ2v) is 5.21. The van der Waals surface area contributed by atoms with Crippen LogP contribution in [0.4, 0.5) is 0 Å². The number of carboxylic acids is 1. The molecule has 1 heterocycles. The van der Waals surface area contributed by atoms with Crippen molar-refractivity contribution in [3.05, 3.63) is 12.2 Å². The van der Waals surface area contributed by atoms with Gasteiger partial charge < -0.3 is 14.7 Å². The lowest BCUT2D eigenvalue weighted by Gasteiger charge is -2.31. The molecule has 0 radical (unpaired) electrons. The molecule has 1 N–H and O–H groups in total. The molecule has 110 valence electrons. The van der Waals surface area contributed by atoms with Gasteiger partial charge in [0.15, 0.2) is 0 Å². The number of esters is 1. The van der Waals surface area contributed by atoms with Crippen molar-refractivity contribution in [3.8, 4) is 0 Å². The normalized spacial score (nSPS) is 29.2. The highest BCUT2D eigenvalue weighted by atomic mass is 16.5. The SMILES string of the molecule is COC(=O)[C@@H]1CCCN1C(=O)[C@@H]1CC=CC[C@@H]1C(=O)O. The van der Waals surface area contributed by atoms with Gasteiger partial charge in [-0.25, -0.2) is 4.79 Å². The van der Waals surface area contributed by atoms with Crippen LogP contribution in [0.3, 0.4) is 0 Å². The van der Waals surface area contributed by atoms with Gasteiger partial charge in [-0.05, 0) is 25.7 Å². The first-order valence-corrected chi connectivity index (χ1v) is 6.82. The molecule has 1 aliphatic carbocycles. The summed E-state index contributed by atoms with van der Waals surface area (Å²) in [7, 11) is 1.30. The lowest BCUT2D eigenvalue weighted by atomic mass is 9.82. The summed E-state index contributed by atoms with van der Waals surface area (Å²) in [6.45, 7) is 0.491. The van der Waals surface area contributed by atoms with Gasteiger partial charge in [-0.3, -0.25) is 9.59 Å². The number of carboxylic acid groups (broad SMARTS) is 1. The number of methoxy groups -OCH3 is 1. The lowest BCUT2D eigenvalue weighted by Crippen LogP contribution is -2.47. The van der Waals surface area contributed by atoms with Crippen LogP contribution in [0.5, 0.6) is 0 Å². The average Bonchev–Trinajstić information content (AvgIpc) is 2.95. The van der Waals surface area contributed by atoms with Crippen LogP contribution in [-0.2, 0) is 19.1 Å². The van der Waals surface area contributed by atoms with Crippen molar-refractivity contribution in [2.24, 2.45) is 11.8 Å². The second-order valence-electron chi connectivity index (χ2n) is 5.21. The summed E-state index contributed by atoms with van der Waals surface area (Å²) in [6, 6.07) is -0.562. The molecule has 1 fully saturated rings. The maximum absolute atomic E-state index is 12.6. The van der Waals surface area contributed by atoms with Crippen molar-refractivity contribution in [2.45, 2.75) is 31.7 Å². The van der Waals surface area contributed by atoms with Crippen LogP contribution in [0.2, 0.25) is 0 Å². The second kappa shape index (κ2) is 6.07. The summed E-state index contributed by atoms with van der Waals surface area (Å²) in [5.41, 5.74) is 0. The molecule has 6 nitrogen and oxygen atoms in total. The Balaban J connectivity index is 2.15. The molecule has 3 atom stereocenters. The van der Waals surface area contributed by atoms with E-state index in [-0.39, 0.29) is 5.91 Å².